The van der Waals surface area contributed by atoms with E-state index in [4.69, 9.17) is 9.47 Å². The molecule has 1 aliphatic rings. The Morgan fingerprint density at radius 1 is 1.36 bits per heavy atom. The van der Waals surface area contributed by atoms with Crippen molar-refractivity contribution in [2.75, 3.05) is 26.7 Å². The minimum Gasteiger partial charge on any atom is -0.493 e. The second-order valence-corrected chi connectivity index (χ2v) is 5.58. The summed E-state index contributed by atoms with van der Waals surface area (Å²) < 4.78 is 11.0. The molecule has 1 fully saturated rings. The molecule has 0 spiro atoms. The van der Waals surface area contributed by atoms with Crippen LogP contribution in [-0.4, -0.2) is 49.7 Å². The summed E-state index contributed by atoms with van der Waals surface area (Å²) in [6.07, 6.45) is 0.0636. The number of piperazine rings is 1. The number of amides is 1. The molecule has 0 aromatic heterocycles. The molecule has 22 heavy (non-hydrogen) atoms. The molecule has 1 amide bonds. The molecule has 5 nitrogen and oxygen atoms in total. The van der Waals surface area contributed by atoms with Gasteiger partial charge in [0.1, 0.15) is 0 Å². The summed E-state index contributed by atoms with van der Waals surface area (Å²) in [7, 11) is 1.59. The summed E-state index contributed by atoms with van der Waals surface area (Å²) in [6, 6.07) is 5.56. The molecule has 0 radical (unpaired) electrons. The number of hydrogen-bond donors (Lipinski definition) is 1. The molecule has 124 valence electrons. The Balaban J connectivity index is 0.00000242. The van der Waals surface area contributed by atoms with Gasteiger partial charge in [-0.05, 0) is 39.0 Å². The van der Waals surface area contributed by atoms with Crippen molar-refractivity contribution in [1.29, 1.82) is 0 Å². The first kappa shape index (κ1) is 18.6. The van der Waals surface area contributed by atoms with Gasteiger partial charge in [0.25, 0.3) is 5.91 Å². The summed E-state index contributed by atoms with van der Waals surface area (Å²) in [5.74, 6) is 1.30. The Morgan fingerprint density at radius 3 is 2.68 bits per heavy atom. The molecule has 1 saturated heterocycles. The van der Waals surface area contributed by atoms with Gasteiger partial charge in [0.05, 0.1) is 13.2 Å². The summed E-state index contributed by atoms with van der Waals surface area (Å²) in [4.78, 5) is 14.5. The van der Waals surface area contributed by atoms with Crippen molar-refractivity contribution in [1.82, 2.24) is 10.2 Å². The molecule has 6 heteroatoms. The van der Waals surface area contributed by atoms with Gasteiger partial charge in [0, 0.05) is 31.2 Å². The van der Waals surface area contributed by atoms with E-state index >= 15 is 0 Å². The lowest BCUT2D eigenvalue weighted by Crippen LogP contribution is -2.52. The van der Waals surface area contributed by atoms with Crippen LogP contribution in [-0.2, 0) is 0 Å². The van der Waals surface area contributed by atoms with Crippen LogP contribution in [0.1, 0.15) is 31.1 Å². The van der Waals surface area contributed by atoms with E-state index in [1.165, 1.54) is 0 Å². The molecule has 1 aromatic carbocycles. The number of carbonyl (C=O) groups is 1. The Labute approximate surface area is 138 Å². The zero-order valence-electron chi connectivity index (χ0n) is 13.6. The van der Waals surface area contributed by atoms with E-state index in [2.05, 4.69) is 12.2 Å². The van der Waals surface area contributed by atoms with Crippen LogP contribution in [0.25, 0.3) is 0 Å². The van der Waals surface area contributed by atoms with Gasteiger partial charge in [-0.2, -0.15) is 0 Å². The number of ether oxygens (including phenoxy) is 2. The summed E-state index contributed by atoms with van der Waals surface area (Å²) in [6.45, 7) is 8.37. The normalized spacial score (nSPS) is 17.9. The van der Waals surface area contributed by atoms with E-state index in [-0.39, 0.29) is 30.5 Å². The van der Waals surface area contributed by atoms with Crippen molar-refractivity contribution in [3.63, 3.8) is 0 Å². The fourth-order valence-corrected chi connectivity index (χ4v) is 2.46. The largest absolute Gasteiger partial charge is 0.493 e. The zero-order valence-corrected chi connectivity index (χ0v) is 14.4. The number of nitrogens with one attached hydrogen (secondary N) is 1. The predicted molar refractivity (Wildman–Crippen MR) is 89.4 cm³/mol. The van der Waals surface area contributed by atoms with Crippen molar-refractivity contribution < 1.29 is 14.3 Å². The first-order valence-electron chi connectivity index (χ1n) is 7.39. The second-order valence-electron chi connectivity index (χ2n) is 5.58. The van der Waals surface area contributed by atoms with Gasteiger partial charge in [0.2, 0.25) is 0 Å². The van der Waals surface area contributed by atoms with Gasteiger partial charge in [-0.1, -0.05) is 0 Å². The fourth-order valence-electron chi connectivity index (χ4n) is 2.46. The standard InChI is InChI=1S/C16H24N2O3.ClH/c1-11(2)21-14-6-5-13(9-15(14)20-4)16(19)18-8-7-17-10-12(18)3;/h5-6,9,11-12,17H,7-8,10H2,1-4H3;1H/t12-;/m0./s1. The average molecular weight is 329 g/mol. The van der Waals surface area contributed by atoms with Crippen molar-refractivity contribution in [2.24, 2.45) is 0 Å². The average Bonchev–Trinajstić information content (AvgIpc) is 2.47. The first-order chi connectivity index (χ1) is 10.0. The van der Waals surface area contributed by atoms with Gasteiger partial charge >= 0.3 is 0 Å². The predicted octanol–water partition coefficient (Wildman–Crippen LogP) is 2.34. The van der Waals surface area contributed by atoms with Crippen LogP contribution in [0.15, 0.2) is 18.2 Å². The van der Waals surface area contributed by atoms with Gasteiger partial charge in [-0.3, -0.25) is 4.79 Å². The van der Waals surface area contributed by atoms with E-state index < -0.39 is 0 Å². The molecule has 1 aliphatic heterocycles. The topological polar surface area (TPSA) is 50.8 Å². The highest BCUT2D eigenvalue weighted by atomic mass is 35.5. The van der Waals surface area contributed by atoms with Crippen LogP contribution in [0, 0.1) is 0 Å². The third-order valence-corrected chi connectivity index (χ3v) is 3.54. The minimum atomic E-state index is 0. The molecule has 0 saturated carbocycles. The monoisotopic (exact) mass is 328 g/mol. The zero-order chi connectivity index (χ0) is 15.4. The van der Waals surface area contributed by atoms with Crippen molar-refractivity contribution in [2.45, 2.75) is 32.9 Å². The first-order valence-corrected chi connectivity index (χ1v) is 7.39. The fraction of sp³-hybridized carbons (Fsp3) is 0.562. The molecule has 1 atom stereocenters. The van der Waals surface area contributed by atoms with Crippen LogP contribution in [0.3, 0.4) is 0 Å². The molecule has 2 rings (SSSR count). The van der Waals surface area contributed by atoms with Gasteiger partial charge in [-0.15, -0.1) is 12.4 Å². The summed E-state index contributed by atoms with van der Waals surface area (Å²) in [5.41, 5.74) is 0.636. The third-order valence-electron chi connectivity index (χ3n) is 3.54. The highest BCUT2D eigenvalue weighted by molar-refractivity contribution is 5.95. The van der Waals surface area contributed by atoms with Crippen LogP contribution in [0.5, 0.6) is 11.5 Å². The number of benzene rings is 1. The van der Waals surface area contributed by atoms with E-state index in [0.717, 1.165) is 19.6 Å². The molecule has 1 N–H and O–H groups in total. The second kappa shape index (κ2) is 8.25. The van der Waals surface area contributed by atoms with Gasteiger partial charge in [-0.25, -0.2) is 0 Å². The minimum absolute atomic E-state index is 0. The number of halogens is 1. The van der Waals surface area contributed by atoms with Crippen molar-refractivity contribution in [3.05, 3.63) is 23.8 Å². The lowest BCUT2D eigenvalue weighted by molar-refractivity contribution is 0.0655. The number of rotatable bonds is 4. The van der Waals surface area contributed by atoms with Crippen LogP contribution >= 0.6 is 12.4 Å². The maximum absolute atomic E-state index is 12.6. The Kier molecular flexibility index (Phi) is 6.97. The molecule has 0 aliphatic carbocycles. The Bertz CT molecular complexity index is 508. The lowest BCUT2D eigenvalue weighted by atomic mass is 10.1. The molecule has 1 aromatic rings. The van der Waals surface area contributed by atoms with E-state index in [0.29, 0.717) is 17.1 Å². The smallest absolute Gasteiger partial charge is 0.254 e. The Hall–Kier alpha value is -1.46. The SMILES string of the molecule is COc1cc(C(=O)N2CCNC[C@@H]2C)ccc1OC(C)C.Cl. The quantitative estimate of drug-likeness (QED) is 0.921. The van der Waals surface area contributed by atoms with Gasteiger partial charge < -0.3 is 19.7 Å². The third kappa shape index (κ3) is 4.27. The molecule has 0 bridgehead atoms. The number of methoxy groups -OCH3 is 1. The van der Waals surface area contributed by atoms with Crippen molar-refractivity contribution in [3.8, 4) is 11.5 Å². The summed E-state index contributed by atoms with van der Waals surface area (Å²) >= 11 is 0. The molecular formula is C16H25ClN2O3. The van der Waals surface area contributed by atoms with Gasteiger partial charge in [0.15, 0.2) is 11.5 Å². The van der Waals surface area contributed by atoms with E-state index in [1.54, 1.807) is 25.3 Å². The molecular weight excluding hydrogens is 304 g/mol. The maximum Gasteiger partial charge on any atom is 0.254 e. The summed E-state index contributed by atoms with van der Waals surface area (Å²) in [5, 5.41) is 3.29. The number of carbonyl (C=O) groups excluding carboxylic acids is 1. The highest BCUT2D eigenvalue weighted by Crippen LogP contribution is 2.29. The van der Waals surface area contributed by atoms with Crippen LogP contribution in [0.2, 0.25) is 0 Å². The Morgan fingerprint density at radius 2 is 2.09 bits per heavy atom. The van der Waals surface area contributed by atoms with Crippen molar-refractivity contribution >= 4 is 18.3 Å². The maximum atomic E-state index is 12.6. The van der Waals surface area contributed by atoms with E-state index in [1.807, 2.05) is 18.7 Å². The highest BCUT2D eigenvalue weighted by Gasteiger charge is 2.24. The molecule has 0 unspecified atom stereocenters. The van der Waals surface area contributed by atoms with Crippen LogP contribution < -0.4 is 14.8 Å². The molecule has 1 heterocycles. The number of nitrogens with zero attached hydrogens (tertiary/aromatic N) is 1. The lowest BCUT2D eigenvalue weighted by Gasteiger charge is -2.34. The van der Waals surface area contributed by atoms with Crippen LogP contribution in [0.4, 0.5) is 0 Å². The number of hydrogen-bond acceptors (Lipinski definition) is 4. The van der Waals surface area contributed by atoms with E-state index in [9.17, 15) is 4.79 Å².